The van der Waals surface area contributed by atoms with E-state index in [1.54, 1.807) is 0 Å². The van der Waals surface area contributed by atoms with Crippen molar-refractivity contribution in [3.63, 3.8) is 0 Å². The molecule has 0 saturated heterocycles. The molecule has 1 heteroatoms. The van der Waals surface area contributed by atoms with Crippen molar-refractivity contribution in [2.75, 3.05) is 0 Å². The van der Waals surface area contributed by atoms with E-state index in [1.165, 1.54) is 6.08 Å². The Bertz CT molecular complexity index is 264. The Labute approximate surface area is 48.2 Å². The molecule has 0 atom stereocenters. The van der Waals surface area contributed by atoms with E-state index in [4.69, 9.17) is 5.48 Å². The van der Waals surface area contributed by atoms with Gasteiger partial charge in [0.25, 0.3) is 0 Å². The van der Waals surface area contributed by atoms with E-state index in [9.17, 15) is 0 Å². The van der Waals surface area contributed by atoms with Crippen LogP contribution in [-0.4, -0.2) is 0 Å². The minimum Gasteiger partial charge on any atom is -0.473 e. The quantitative estimate of drug-likeness (QED) is 0.447. The van der Waals surface area contributed by atoms with Crippen LogP contribution >= 0.6 is 0 Å². The van der Waals surface area contributed by atoms with Gasteiger partial charge in [0.05, 0.1) is 16.6 Å². The van der Waals surface area contributed by atoms with Gasteiger partial charge in [0.1, 0.15) is 1.37 Å². The molecule has 36 valence electrons. The van der Waals surface area contributed by atoms with Crippen LogP contribution in [0.3, 0.4) is 0 Å². The lowest BCUT2D eigenvalue weighted by Gasteiger charge is -1.79. The summed E-state index contributed by atoms with van der Waals surface area (Å²) in [6.45, 7) is 0. The monoisotopic (exact) mass is 98.1 g/mol. The number of ether oxygens (including phenoxy) is 1. The van der Waals surface area contributed by atoms with Gasteiger partial charge in [0.2, 0.25) is 0 Å². The maximum absolute atomic E-state index is 7.15. The van der Waals surface area contributed by atoms with Gasteiger partial charge in [-0.3, -0.25) is 0 Å². The van der Waals surface area contributed by atoms with E-state index in [1.807, 2.05) is 0 Å². The first-order valence-corrected chi connectivity index (χ1v) is 1.81. The third-order valence-electron chi connectivity index (χ3n) is 0.464. The Balaban J connectivity index is 3.15. The predicted molar refractivity (Wildman–Crippen MR) is 28.5 cm³/mol. The van der Waals surface area contributed by atoms with Crippen LogP contribution < -0.4 is 0 Å². The first-order valence-electron chi connectivity index (χ1n) is 3.81. The molecule has 0 aromatic heterocycles. The summed E-state index contributed by atoms with van der Waals surface area (Å²) in [6, 6.07) is -0.763. The van der Waals surface area contributed by atoms with Crippen LogP contribution in [0, 0.1) is 0 Å². The molecule has 1 rings (SSSR count). The number of hydrogen-bond donors (Lipinski definition) is 0. The average molecular weight is 98.1 g/mol. The second kappa shape index (κ2) is 2.24. The zero-order chi connectivity index (χ0) is 8.43. The molecule has 1 nitrogen and oxygen atoms in total. The molecule has 0 spiro atoms. The van der Waals surface area contributed by atoms with Gasteiger partial charge in [0, 0.05) is 0 Å². The summed E-state index contributed by atoms with van der Waals surface area (Å²) >= 11 is 0. The van der Waals surface area contributed by atoms with Crippen LogP contribution in [0.5, 0.6) is 0 Å². The average Bonchev–Trinajstić information content (AvgIpc) is 2.07. The number of hydrogen-bond acceptors (Lipinski definition) is 1. The van der Waals surface area contributed by atoms with E-state index in [-0.39, 0.29) is 18.2 Å². The van der Waals surface area contributed by atoms with Crippen LogP contribution in [0.1, 0.15) is 5.48 Å². The molecule has 1 aliphatic heterocycles. The highest BCUT2D eigenvalue weighted by Crippen LogP contribution is 1.88. The fourth-order valence-corrected chi connectivity index (χ4v) is 0.235. The van der Waals surface area contributed by atoms with Crippen LogP contribution in [0.4, 0.5) is 0 Å². The molecular formula is C6H6O. The summed E-state index contributed by atoms with van der Waals surface area (Å²) in [5.41, 5.74) is 0. The minimum atomic E-state index is -0.395. The van der Waals surface area contributed by atoms with Gasteiger partial charge < -0.3 is 4.74 Å². The van der Waals surface area contributed by atoms with Crippen LogP contribution in [0.25, 0.3) is 0 Å². The topological polar surface area (TPSA) is 9.23 Å². The van der Waals surface area contributed by atoms with Crippen molar-refractivity contribution in [1.29, 1.82) is 0 Å². The highest BCUT2D eigenvalue weighted by Gasteiger charge is 1.69. The molecule has 0 saturated carbocycles. The normalized spacial score (nSPS) is 29.7. The molecule has 0 N–H and O–H groups in total. The fraction of sp³-hybridized carbons (Fsp3) is 0. The predicted octanol–water partition coefficient (Wildman–Crippen LogP) is 1.60. The third-order valence-corrected chi connectivity index (χ3v) is 0.464. The van der Waals surface area contributed by atoms with Crippen molar-refractivity contribution in [2.24, 2.45) is 0 Å². The van der Waals surface area contributed by atoms with Crippen molar-refractivity contribution in [2.45, 2.75) is 0 Å². The molecule has 0 aliphatic carbocycles. The smallest absolute Gasteiger partial charge is 0.104 e. The number of allylic oxidation sites excluding steroid dienone is 4. The second-order valence-corrected chi connectivity index (χ2v) is 0.917. The zero-order valence-electron chi connectivity index (χ0n) is 7.56. The maximum Gasteiger partial charge on any atom is 0.104 e. The van der Waals surface area contributed by atoms with Gasteiger partial charge in [-0.15, -0.1) is 0 Å². The van der Waals surface area contributed by atoms with E-state index in [2.05, 4.69) is 4.74 Å². The highest BCUT2D eigenvalue weighted by molar-refractivity contribution is 5.11. The Hall–Kier alpha value is -0.980. The second-order valence-electron chi connectivity index (χ2n) is 0.917. The Morgan fingerprint density at radius 1 is 1.29 bits per heavy atom. The molecule has 0 bridgehead atoms. The van der Waals surface area contributed by atoms with Gasteiger partial charge in [-0.2, -0.15) is 0 Å². The molecule has 0 fully saturated rings. The lowest BCUT2D eigenvalue weighted by Crippen LogP contribution is -1.56. The molecule has 0 radical (unpaired) electrons. The first kappa shape index (κ1) is 1.51. The Morgan fingerprint density at radius 3 is 3.29 bits per heavy atom. The van der Waals surface area contributed by atoms with Crippen molar-refractivity contribution in [3.05, 3.63) is 36.7 Å². The van der Waals surface area contributed by atoms with Crippen LogP contribution in [0.2, 0.25) is 0 Å². The zero-order valence-corrected chi connectivity index (χ0v) is 3.56. The van der Waals surface area contributed by atoms with Crippen LogP contribution in [0.15, 0.2) is 36.7 Å². The summed E-state index contributed by atoms with van der Waals surface area (Å²) in [6.07, 6.45) is 1.97. The van der Waals surface area contributed by atoms with Gasteiger partial charge in [0.15, 0.2) is 0 Å². The molecule has 0 unspecified atom stereocenters. The Kier molecular flexibility index (Phi) is 0.483. The minimum absolute atomic E-state index is 0.114. The highest BCUT2D eigenvalue weighted by atomic mass is 16.5. The summed E-state index contributed by atoms with van der Waals surface area (Å²) in [5, 5.41) is 0. The maximum atomic E-state index is 7.15. The summed E-state index contributed by atoms with van der Waals surface area (Å²) in [7, 11) is 0. The summed E-state index contributed by atoms with van der Waals surface area (Å²) < 4.78 is 33.0. The van der Waals surface area contributed by atoms with E-state index >= 15 is 0 Å². The van der Waals surface area contributed by atoms with Crippen molar-refractivity contribution in [1.82, 2.24) is 0 Å². The number of rotatable bonds is 0. The molecule has 1 heterocycles. The lowest BCUT2D eigenvalue weighted by atomic mass is 10.5. The van der Waals surface area contributed by atoms with Crippen molar-refractivity contribution in [3.8, 4) is 0 Å². The molecular weight excluding hydrogens is 88.1 g/mol. The molecule has 0 aromatic carbocycles. The standard InChI is InChI=1S/C6H6O/c1-2-4-6-7-5-3-1/h1-6H/i1D,2D,3D,5D. The van der Waals surface area contributed by atoms with Gasteiger partial charge in [-0.05, 0) is 12.1 Å². The Morgan fingerprint density at radius 2 is 2.29 bits per heavy atom. The van der Waals surface area contributed by atoms with Gasteiger partial charge in [-0.25, -0.2) is 0 Å². The summed E-state index contributed by atoms with van der Waals surface area (Å²) in [4.78, 5) is 0. The molecule has 7 heavy (non-hydrogen) atoms. The SMILES string of the molecule is [2H]C1=C([2H])C([2H])=C([2H])OC=C1. The van der Waals surface area contributed by atoms with Gasteiger partial charge >= 0.3 is 0 Å². The van der Waals surface area contributed by atoms with Crippen molar-refractivity contribution >= 4 is 0 Å². The fourth-order valence-electron chi connectivity index (χ4n) is 0.235. The largest absolute Gasteiger partial charge is 0.473 e. The molecule has 0 aromatic rings. The first-order chi connectivity index (χ1) is 5.13. The van der Waals surface area contributed by atoms with Gasteiger partial charge in [-0.1, -0.05) is 12.1 Å². The third kappa shape index (κ3) is 1.26. The summed E-state index contributed by atoms with van der Waals surface area (Å²) in [5.74, 6) is 0. The van der Waals surface area contributed by atoms with E-state index in [0.29, 0.717) is 0 Å². The lowest BCUT2D eigenvalue weighted by molar-refractivity contribution is 0.404. The van der Waals surface area contributed by atoms with E-state index < -0.39 is 6.24 Å². The van der Waals surface area contributed by atoms with E-state index in [0.717, 1.165) is 6.26 Å². The molecule has 0 amide bonds. The molecule has 1 aliphatic rings. The van der Waals surface area contributed by atoms with Crippen LogP contribution in [-0.2, 0) is 4.74 Å². The van der Waals surface area contributed by atoms with Crippen molar-refractivity contribution < 1.29 is 10.2 Å².